The largest absolute Gasteiger partial charge is 0.466 e. The molecule has 0 aliphatic rings. The summed E-state index contributed by atoms with van der Waals surface area (Å²) < 4.78 is 5.48. The second-order valence-corrected chi connectivity index (χ2v) is 41.2. The van der Waals surface area contributed by atoms with Gasteiger partial charge in [-0.1, -0.05) is 492 Å². The zero-order chi connectivity index (χ0) is 97.7. The average Bonchev–Trinajstić information content (AvgIpc) is 1.17. The first kappa shape index (κ1) is 133. The molecule has 0 spiro atoms. The van der Waals surface area contributed by atoms with Crippen molar-refractivity contribution in [2.45, 2.75) is 594 Å². The van der Waals surface area contributed by atoms with Gasteiger partial charge < -0.3 is 56.4 Å². The van der Waals surface area contributed by atoms with Crippen molar-refractivity contribution in [1.29, 1.82) is 0 Å². The van der Waals surface area contributed by atoms with E-state index in [1.165, 1.54) is 405 Å². The number of rotatable bonds is 113. The topological polar surface area (TPSA) is 219 Å². The van der Waals surface area contributed by atoms with Gasteiger partial charge in [0, 0.05) is 156 Å². The monoisotopic (exact) mass is 1890 g/mol. The van der Waals surface area contributed by atoms with Crippen molar-refractivity contribution in [3.8, 4) is 0 Å². The molecule has 0 saturated heterocycles. The lowest BCUT2D eigenvalue weighted by Crippen LogP contribution is -2.42. The average molecular weight is 1900 g/mol. The van der Waals surface area contributed by atoms with E-state index in [0.29, 0.717) is 115 Å². The summed E-state index contributed by atoms with van der Waals surface area (Å²) in [6, 6.07) is 0. The quantitative estimate of drug-likeness (QED) is 0.0247. The van der Waals surface area contributed by atoms with Gasteiger partial charge in [-0.25, -0.2) is 0 Å². The number of carbonyl (C=O) groups is 6. The van der Waals surface area contributed by atoms with Crippen LogP contribution in [0.15, 0.2) is 0 Å². The molecule has 134 heavy (non-hydrogen) atoms. The van der Waals surface area contributed by atoms with Crippen LogP contribution in [0, 0.1) is 0 Å². The van der Waals surface area contributed by atoms with Gasteiger partial charge >= 0.3 is 5.97 Å². The van der Waals surface area contributed by atoms with Gasteiger partial charge in [-0.15, -0.1) is 0 Å². The predicted molar refractivity (Wildman–Crippen MR) is 581 cm³/mol. The highest BCUT2D eigenvalue weighted by atomic mass is 16.5. The van der Waals surface area contributed by atoms with Crippen LogP contribution in [0.2, 0.25) is 0 Å². The Labute approximate surface area is 834 Å². The van der Waals surface area contributed by atoms with Crippen molar-refractivity contribution < 1.29 is 38.6 Å². The van der Waals surface area contributed by atoms with Gasteiger partial charge in [0.1, 0.15) is 11.6 Å². The molecule has 3 amide bonds. The lowest BCUT2D eigenvalue weighted by Gasteiger charge is -2.28. The maximum absolute atomic E-state index is 13.4. The Balaban J connectivity index is 0. The van der Waals surface area contributed by atoms with E-state index in [1.54, 1.807) is 0 Å². The number of amides is 3. The molecule has 796 valence electrons. The van der Waals surface area contributed by atoms with Gasteiger partial charge in [0.25, 0.3) is 0 Å². The van der Waals surface area contributed by atoms with Crippen molar-refractivity contribution in [1.82, 2.24) is 40.9 Å². The van der Waals surface area contributed by atoms with Crippen LogP contribution in [0.5, 0.6) is 0 Å². The van der Waals surface area contributed by atoms with Crippen LogP contribution >= 0.6 is 0 Å². The van der Waals surface area contributed by atoms with Crippen LogP contribution in [0.4, 0.5) is 0 Å². The molecular weight excluding hydrogens is 1660 g/mol. The Hall–Kier alpha value is -3.06. The summed E-state index contributed by atoms with van der Waals surface area (Å²) in [6.07, 6.45) is 101. The second kappa shape index (κ2) is 114. The zero-order valence-electron chi connectivity index (χ0n) is 91.1. The fourth-order valence-corrected chi connectivity index (χ4v) is 18.5. The number of unbranched alkanes of at least 4 members (excludes halogenated alkanes) is 69. The third kappa shape index (κ3) is 108. The van der Waals surface area contributed by atoms with Crippen LogP contribution in [-0.4, -0.2) is 190 Å². The second-order valence-electron chi connectivity index (χ2n) is 41.2. The maximum Gasteiger partial charge on any atom is 0.307 e. The molecule has 0 aliphatic heterocycles. The van der Waals surface area contributed by atoms with Gasteiger partial charge in [0.05, 0.1) is 19.1 Å². The fraction of sp³-hybridized carbons (Fsp3) is 0.949. The van der Waals surface area contributed by atoms with E-state index in [4.69, 9.17) is 10.5 Å². The molecule has 7 N–H and O–H groups in total. The molecule has 0 saturated carbocycles. The van der Waals surface area contributed by atoms with Crippen molar-refractivity contribution >= 4 is 35.3 Å². The lowest BCUT2D eigenvalue weighted by molar-refractivity contribution is -0.144. The van der Waals surface area contributed by atoms with Crippen LogP contribution < -0.4 is 27.0 Å². The highest BCUT2D eigenvalue weighted by molar-refractivity contribution is 5.79. The summed E-state index contributed by atoms with van der Waals surface area (Å²) in [4.78, 5) is 88.1. The van der Waals surface area contributed by atoms with E-state index >= 15 is 0 Å². The summed E-state index contributed by atoms with van der Waals surface area (Å²) in [7, 11) is 0. The summed E-state index contributed by atoms with van der Waals surface area (Å²) in [5.74, 6) is 0.838. The Kier molecular flexibility index (Phi) is 113. The highest BCUT2D eigenvalue weighted by Crippen LogP contribution is 2.21. The molecule has 0 fully saturated rings. The molecule has 0 bridgehead atoms. The number of nitrogens with two attached hydrogens (primary N) is 1. The molecule has 0 rings (SSSR count). The summed E-state index contributed by atoms with van der Waals surface area (Å²) in [5, 5.41) is 23.4. The van der Waals surface area contributed by atoms with Crippen LogP contribution in [-0.2, 0) is 33.5 Å². The number of hydrogen-bond donors (Lipinski definition) is 6. The Morgan fingerprint density at radius 1 is 0.224 bits per heavy atom. The van der Waals surface area contributed by atoms with Crippen LogP contribution in [0.1, 0.15) is 588 Å². The van der Waals surface area contributed by atoms with Gasteiger partial charge in [-0.2, -0.15) is 0 Å². The molecule has 17 heteroatoms. The van der Waals surface area contributed by atoms with E-state index in [2.05, 4.69) is 89.3 Å². The molecule has 0 heterocycles. The normalized spacial score (nSPS) is 11.9. The molecule has 17 nitrogen and oxygen atoms in total. The van der Waals surface area contributed by atoms with E-state index in [0.717, 1.165) is 149 Å². The number of nitrogens with one attached hydrogen (secondary N) is 4. The third-order valence-corrected chi connectivity index (χ3v) is 28.0. The zero-order valence-corrected chi connectivity index (χ0v) is 91.1. The molecule has 1 atom stereocenters. The number of ketones is 2. The standard InChI is InChI=1S/C83H165N7O5.C34H70N2O3/c1-6-11-16-21-26-31-36-38-43-48-53-58-79(91)60-70-89(71-61-80(92)59-54-49-44-39-37-32-27-22-17-12-7-2)77-78-90(74-64-83(95)87-67-57-52-47-42-35-30-25-20-15-10-5)76-69-84-68-75-88(72-62-81(93)85-65-55-50-45-40-33-28-23-18-13-8-3)73-63-82(94)86-66-56-51-46-41-34-29-24-19-14-9-4;1-3-5-7-9-11-13-15-17-19-21-23-25-28-36(32-33(37)31-35)29-27-34(38)39-30-26-24-22-20-18-16-14-12-10-8-6-4-2/h84H,6-78H2,1-5H3,(H,85,93)(H,86,94)(H,87,95);33,37H,3-32,35H2,1-2H3. The third-order valence-electron chi connectivity index (χ3n) is 28.0. The van der Waals surface area contributed by atoms with Gasteiger partial charge in [0.2, 0.25) is 17.7 Å². The number of aliphatic hydroxyl groups is 1. The predicted octanol–water partition coefficient (Wildman–Crippen LogP) is 30.0. The van der Waals surface area contributed by atoms with E-state index in [-0.39, 0.29) is 30.2 Å². The minimum Gasteiger partial charge on any atom is -0.466 e. The van der Waals surface area contributed by atoms with Crippen molar-refractivity contribution in [3.63, 3.8) is 0 Å². The Morgan fingerprint density at radius 2 is 0.440 bits per heavy atom. The first-order valence-corrected chi connectivity index (χ1v) is 59.8. The number of carbonyl (C=O) groups excluding carboxylic acids is 6. The van der Waals surface area contributed by atoms with Gasteiger partial charge in [-0.05, 0) is 51.5 Å². The number of nitrogens with zero attached hydrogens (tertiary/aromatic N) is 4. The van der Waals surface area contributed by atoms with E-state index in [1.807, 2.05) is 0 Å². The molecule has 0 radical (unpaired) electrons. The first-order chi connectivity index (χ1) is 65.8. The lowest BCUT2D eigenvalue weighted by atomic mass is 10.0. The number of hydrogen-bond acceptors (Lipinski definition) is 14. The summed E-state index contributed by atoms with van der Waals surface area (Å²) in [5.41, 5.74) is 5.64. The van der Waals surface area contributed by atoms with Crippen LogP contribution in [0.3, 0.4) is 0 Å². The van der Waals surface area contributed by atoms with Gasteiger partial charge in [0.15, 0.2) is 0 Å². The number of esters is 1. The molecule has 0 aliphatic carbocycles. The van der Waals surface area contributed by atoms with Crippen LogP contribution in [0.25, 0.3) is 0 Å². The minimum atomic E-state index is -0.528. The number of aliphatic hydroxyl groups excluding tert-OH is 1. The number of Topliss-reactive ketones (excluding diaryl/α,β-unsaturated/α-hetero) is 2. The molecule has 0 aromatic carbocycles. The van der Waals surface area contributed by atoms with E-state index < -0.39 is 6.10 Å². The fourth-order valence-electron chi connectivity index (χ4n) is 18.5. The summed E-state index contributed by atoms with van der Waals surface area (Å²) >= 11 is 0. The Bertz CT molecular complexity index is 2310. The summed E-state index contributed by atoms with van der Waals surface area (Å²) in [6.45, 7) is 28.6. The first-order valence-electron chi connectivity index (χ1n) is 59.8. The Morgan fingerprint density at radius 3 is 0.709 bits per heavy atom. The molecule has 0 aromatic rings. The maximum atomic E-state index is 13.4. The molecule has 0 aromatic heterocycles. The smallest absolute Gasteiger partial charge is 0.307 e. The van der Waals surface area contributed by atoms with Crippen molar-refractivity contribution in [2.24, 2.45) is 5.73 Å². The molecular formula is C117H235N9O8. The number of ether oxygens (including phenoxy) is 1. The molecule has 1 unspecified atom stereocenters. The van der Waals surface area contributed by atoms with E-state index in [9.17, 15) is 33.9 Å². The van der Waals surface area contributed by atoms with Crippen molar-refractivity contribution in [3.05, 3.63) is 0 Å². The van der Waals surface area contributed by atoms with Crippen molar-refractivity contribution in [2.75, 3.05) is 124 Å². The highest BCUT2D eigenvalue weighted by Gasteiger charge is 2.19. The SMILES string of the molecule is CCCCCCCCCCCCCC(=O)CCN(CCC(=O)CCCCCCCCCCCCC)CCN(CCNCCN(CCC(=O)NCCCCCCCCCCCC)CCC(=O)NCCCCCCCCCCCC)CCC(=O)NCCCCCCCCCCCC.CCCCCCCCCCCCCCOC(=O)CCN(CCCCCCCCCCCCCC)CC(O)CN. The van der Waals surface area contributed by atoms with Gasteiger partial charge in [-0.3, -0.25) is 28.8 Å². The minimum absolute atomic E-state index is 0.0870.